The molecule has 1 amide bonds. The van der Waals surface area contributed by atoms with Crippen molar-refractivity contribution < 1.29 is 24.2 Å². The van der Waals surface area contributed by atoms with Crippen LogP contribution in [-0.4, -0.2) is 28.1 Å². The van der Waals surface area contributed by atoms with Crippen LogP contribution in [0, 0.1) is 11.7 Å². The van der Waals surface area contributed by atoms with Crippen molar-refractivity contribution in [3.63, 3.8) is 0 Å². The Labute approximate surface area is 103 Å². The number of halogens is 1. The van der Waals surface area contributed by atoms with Crippen LogP contribution in [0.2, 0.25) is 0 Å². The minimum atomic E-state index is -1.19. The van der Waals surface area contributed by atoms with E-state index in [4.69, 9.17) is 5.11 Å². The van der Waals surface area contributed by atoms with Crippen molar-refractivity contribution in [3.05, 3.63) is 29.6 Å². The number of carbonyl (C=O) groups is 2. The normalized spacial score (nSPS) is 12.2. The van der Waals surface area contributed by atoms with Crippen molar-refractivity contribution in [1.29, 1.82) is 0 Å². The molecule has 0 aliphatic heterocycles. The van der Waals surface area contributed by atoms with Gasteiger partial charge >= 0.3 is 5.97 Å². The van der Waals surface area contributed by atoms with Crippen LogP contribution >= 0.6 is 0 Å². The van der Waals surface area contributed by atoms with Gasteiger partial charge in [0.1, 0.15) is 17.6 Å². The fourth-order valence-corrected chi connectivity index (χ4v) is 1.42. The topological polar surface area (TPSA) is 86.6 Å². The molecule has 0 bridgehead atoms. The van der Waals surface area contributed by atoms with Crippen molar-refractivity contribution in [1.82, 2.24) is 5.32 Å². The number of hydrogen-bond donors (Lipinski definition) is 3. The monoisotopic (exact) mass is 255 g/mol. The average molecular weight is 255 g/mol. The van der Waals surface area contributed by atoms with Crippen LogP contribution in [-0.2, 0) is 4.79 Å². The van der Waals surface area contributed by atoms with E-state index >= 15 is 0 Å². The summed E-state index contributed by atoms with van der Waals surface area (Å²) in [6, 6.07) is 1.79. The number of rotatable bonds is 4. The van der Waals surface area contributed by atoms with Gasteiger partial charge in [0, 0.05) is 0 Å². The zero-order chi connectivity index (χ0) is 13.9. The largest absolute Gasteiger partial charge is 0.507 e. The summed E-state index contributed by atoms with van der Waals surface area (Å²) in [4.78, 5) is 22.6. The molecule has 0 saturated heterocycles. The van der Waals surface area contributed by atoms with Gasteiger partial charge in [-0.05, 0) is 24.1 Å². The number of carboxylic acids is 1. The third kappa shape index (κ3) is 3.19. The molecule has 1 aromatic rings. The number of amides is 1. The number of phenols is 1. The van der Waals surface area contributed by atoms with E-state index in [1.54, 1.807) is 13.8 Å². The lowest BCUT2D eigenvalue weighted by atomic mass is 10.0. The minimum Gasteiger partial charge on any atom is -0.507 e. The van der Waals surface area contributed by atoms with Crippen molar-refractivity contribution in [3.8, 4) is 5.75 Å². The van der Waals surface area contributed by atoms with Gasteiger partial charge in [0.2, 0.25) is 0 Å². The van der Waals surface area contributed by atoms with Crippen LogP contribution in [0.4, 0.5) is 4.39 Å². The molecule has 0 spiro atoms. The average Bonchev–Trinajstić information content (AvgIpc) is 2.28. The molecule has 0 unspecified atom stereocenters. The van der Waals surface area contributed by atoms with E-state index in [2.05, 4.69) is 5.32 Å². The van der Waals surface area contributed by atoms with Crippen molar-refractivity contribution in [2.24, 2.45) is 5.92 Å². The molecule has 0 saturated carbocycles. The number of benzene rings is 1. The van der Waals surface area contributed by atoms with Crippen LogP contribution in [0.3, 0.4) is 0 Å². The summed E-state index contributed by atoms with van der Waals surface area (Å²) < 4.78 is 13.0. The van der Waals surface area contributed by atoms with Gasteiger partial charge in [0.15, 0.2) is 0 Å². The van der Waals surface area contributed by atoms with Gasteiger partial charge in [-0.2, -0.15) is 0 Å². The van der Waals surface area contributed by atoms with Gasteiger partial charge in [-0.1, -0.05) is 13.8 Å². The summed E-state index contributed by atoms with van der Waals surface area (Å²) >= 11 is 0. The summed E-state index contributed by atoms with van der Waals surface area (Å²) in [6.45, 7) is 3.26. The van der Waals surface area contributed by atoms with Crippen LogP contribution in [0.1, 0.15) is 24.2 Å². The summed E-state index contributed by atoms with van der Waals surface area (Å²) in [7, 11) is 0. The Hall–Kier alpha value is -2.11. The van der Waals surface area contributed by atoms with Gasteiger partial charge in [-0.15, -0.1) is 0 Å². The summed E-state index contributed by atoms with van der Waals surface area (Å²) in [6.07, 6.45) is 0. The maximum absolute atomic E-state index is 13.0. The lowest BCUT2D eigenvalue weighted by Gasteiger charge is -2.18. The van der Waals surface area contributed by atoms with E-state index in [9.17, 15) is 19.1 Å². The van der Waals surface area contributed by atoms with Gasteiger partial charge < -0.3 is 15.5 Å². The Morgan fingerprint density at radius 1 is 1.33 bits per heavy atom. The van der Waals surface area contributed by atoms with Gasteiger partial charge in [0.25, 0.3) is 5.91 Å². The van der Waals surface area contributed by atoms with Crippen LogP contribution in [0.15, 0.2) is 18.2 Å². The van der Waals surface area contributed by atoms with Gasteiger partial charge in [-0.25, -0.2) is 9.18 Å². The maximum atomic E-state index is 13.0. The molecule has 1 rings (SSSR count). The SMILES string of the molecule is CC(C)[C@@H](NC(=O)c1cc(F)ccc1O)C(=O)O. The van der Waals surface area contributed by atoms with Crippen molar-refractivity contribution in [2.75, 3.05) is 0 Å². The second-order valence-corrected chi connectivity index (χ2v) is 4.19. The molecule has 0 heterocycles. The number of hydrogen-bond acceptors (Lipinski definition) is 3. The Balaban J connectivity index is 2.94. The van der Waals surface area contributed by atoms with Crippen LogP contribution in [0.5, 0.6) is 5.75 Å². The Morgan fingerprint density at radius 3 is 2.44 bits per heavy atom. The molecular weight excluding hydrogens is 241 g/mol. The molecular formula is C12H14FNO4. The molecule has 0 radical (unpaired) electrons. The Kier molecular flexibility index (Phi) is 4.25. The molecule has 0 aromatic heterocycles. The van der Waals surface area contributed by atoms with E-state index < -0.39 is 29.5 Å². The molecule has 6 heteroatoms. The zero-order valence-corrected chi connectivity index (χ0v) is 9.98. The Bertz CT molecular complexity index is 473. The minimum absolute atomic E-state index is 0.290. The number of carboxylic acid groups (broad SMARTS) is 1. The highest BCUT2D eigenvalue weighted by Gasteiger charge is 2.25. The smallest absolute Gasteiger partial charge is 0.326 e. The molecule has 1 atom stereocenters. The Morgan fingerprint density at radius 2 is 1.94 bits per heavy atom. The predicted molar refractivity (Wildman–Crippen MR) is 61.8 cm³/mol. The van der Waals surface area contributed by atoms with E-state index in [1.165, 1.54) is 0 Å². The lowest BCUT2D eigenvalue weighted by molar-refractivity contribution is -0.140. The first kappa shape index (κ1) is 14.0. The second kappa shape index (κ2) is 5.48. The maximum Gasteiger partial charge on any atom is 0.326 e. The molecule has 1 aromatic carbocycles. The molecule has 3 N–H and O–H groups in total. The molecule has 18 heavy (non-hydrogen) atoms. The standard InChI is InChI=1S/C12H14FNO4/c1-6(2)10(12(17)18)14-11(16)8-5-7(13)3-4-9(8)15/h3-6,10,15H,1-2H3,(H,14,16)(H,17,18)/t10-/m1/s1. The summed E-state index contributed by atoms with van der Waals surface area (Å²) in [5.74, 6) is -3.43. The molecule has 98 valence electrons. The molecule has 0 aliphatic carbocycles. The van der Waals surface area contributed by atoms with E-state index in [0.717, 1.165) is 18.2 Å². The first-order chi connectivity index (χ1) is 8.32. The van der Waals surface area contributed by atoms with Crippen LogP contribution < -0.4 is 5.32 Å². The van der Waals surface area contributed by atoms with Crippen LogP contribution in [0.25, 0.3) is 0 Å². The number of aromatic hydroxyl groups is 1. The van der Waals surface area contributed by atoms with Crippen molar-refractivity contribution in [2.45, 2.75) is 19.9 Å². The first-order valence-corrected chi connectivity index (χ1v) is 5.35. The first-order valence-electron chi connectivity index (χ1n) is 5.35. The van der Waals surface area contributed by atoms with Gasteiger partial charge in [0.05, 0.1) is 5.56 Å². The number of carbonyl (C=O) groups excluding carboxylic acids is 1. The third-order valence-corrected chi connectivity index (χ3v) is 2.42. The molecule has 0 aliphatic rings. The second-order valence-electron chi connectivity index (χ2n) is 4.19. The zero-order valence-electron chi connectivity index (χ0n) is 9.98. The van der Waals surface area contributed by atoms with E-state index in [-0.39, 0.29) is 11.5 Å². The lowest BCUT2D eigenvalue weighted by Crippen LogP contribution is -2.44. The number of aliphatic carboxylic acids is 1. The highest BCUT2D eigenvalue weighted by Crippen LogP contribution is 2.18. The van der Waals surface area contributed by atoms with Gasteiger partial charge in [-0.3, -0.25) is 4.79 Å². The highest BCUT2D eigenvalue weighted by molar-refractivity contribution is 5.98. The highest BCUT2D eigenvalue weighted by atomic mass is 19.1. The fraction of sp³-hybridized carbons (Fsp3) is 0.333. The summed E-state index contributed by atoms with van der Waals surface area (Å²) in [5.41, 5.74) is -0.290. The third-order valence-electron chi connectivity index (χ3n) is 2.42. The molecule has 5 nitrogen and oxygen atoms in total. The van der Waals surface area contributed by atoms with E-state index in [0.29, 0.717) is 0 Å². The van der Waals surface area contributed by atoms with E-state index in [1.807, 2.05) is 0 Å². The molecule has 0 fully saturated rings. The summed E-state index contributed by atoms with van der Waals surface area (Å²) in [5, 5.41) is 20.6. The fourth-order valence-electron chi connectivity index (χ4n) is 1.42. The quantitative estimate of drug-likeness (QED) is 0.758. The number of nitrogens with one attached hydrogen (secondary N) is 1. The van der Waals surface area contributed by atoms with Crippen molar-refractivity contribution >= 4 is 11.9 Å². The number of phenolic OH excluding ortho intramolecular Hbond substituents is 1. The predicted octanol–water partition coefficient (Wildman–Crippen LogP) is 1.37.